The second kappa shape index (κ2) is 6.27. The van der Waals surface area contributed by atoms with Gasteiger partial charge < -0.3 is 10.6 Å². The highest BCUT2D eigenvalue weighted by molar-refractivity contribution is 5.37. The molecule has 0 spiro atoms. The Balaban J connectivity index is 2.31. The molecule has 1 unspecified atom stereocenters. The third-order valence-electron chi connectivity index (χ3n) is 3.03. The first-order chi connectivity index (χ1) is 9.63. The molecular weight excluding hydrogens is 256 g/mol. The molecule has 2 heterocycles. The highest BCUT2D eigenvalue weighted by atomic mass is 15.4. The summed E-state index contributed by atoms with van der Waals surface area (Å²) in [7, 11) is 1.77. The number of nitrogens with zero attached hydrogens (tertiary/aromatic N) is 6. The van der Waals surface area contributed by atoms with E-state index in [1.165, 1.54) is 11.0 Å². The number of anilines is 2. The van der Waals surface area contributed by atoms with Crippen LogP contribution in [0.2, 0.25) is 0 Å². The summed E-state index contributed by atoms with van der Waals surface area (Å²) in [4.78, 5) is 16.9. The summed E-state index contributed by atoms with van der Waals surface area (Å²) < 4.78 is 1.50. The first kappa shape index (κ1) is 14.2. The zero-order valence-corrected chi connectivity index (χ0v) is 12.2. The topological polar surface area (TPSA) is 93.4 Å². The van der Waals surface area contributed by atoms with Gasteiger partial charge in [0.25, 0.3) is 5.95 Å². The molecule has 0 bridgehead atoms. The van der Waals surface area contributed by atoms with Gasteiger partial charge >= 0.3 is 0 Å². The van der Waals surface area contributed by atoms with Crippen LogP contribution in [0, 0.1) is 5.92 Å². The van der Waals surface area contributed by atoms with Gasteiger partial charge in [0.1, 0.15) is 12.7 Å². The summed E-state index contributed by atoms with van der Waals surface area (Å²) in [6.45, 7) is 6.47. The second-order valence-corrected chi connectivity index (χ2v) is 4.78. The van der Waals surface area contributed by atoms with E-state index in [2.05, 4.69) is 56.4 Å². The molecule has 0 saturated carbocycles. The van der Waals surface area contributed by atoms with Crippen LogP contribution in [0.4, 0.5) is 11.9 Å². The molecule has 8 nitrogen and oxygen atoms in total. The molecule has 2 rings (SSSR count). The smallest absolute Gasteiger partial charge is 0.258 e. The lowest BCUT2D eigenvalue weighted by atomic mass is 10.0. The van der Waals surface area contributed by atoms with Crippen LogP contribution in [0.5, 0.6) is 0 Å². The molecule has 0 amide bonds. The van der Waals surface area contributed by atoms with Crippen molar-refractivity contribution in [3.05, 3.63) is 12.7 Å². The van der Waals surface area contributed by atoms with Crippen molar-refractivity contribution >= 4 is 11.9 Å². The minimum atomic E-state index is 0.311. The van der Waals surface area contributed by atoms with Crippen LogP contribution < -0.4 is 10.6 Å². The largest absolute Gasteiger partial charge is 0.357 e. The van der Waals surface area contributed by atoms with Crippen LogP contribution in [-0.2, 0) is 0 Å². The van der Waals surface area contributed by atoms with E-state index in [0.717, 1.165) is 6.42 Å². The molecule has 20 heavy (non-hydrogen) atoms. The average molecular weight is 276 g/mol. The van der Waals surface area contributed by atoms with E-state index < -0.39 is 0 Å². The summed E-state index contributed by atoms with van der Waals surface area (Å²) in [5.41, 5.74) is 0. The molecule has 0 saturated heterocycles. The van der Waals surface area contributed by atoms with Crippen molar-refractivity contribution < 1.29 is 0 Å². The average Bonchev–Trinajstić information content (AvgIpc) is 2.98. The SMILES string of the molecule is CCC(Nc1nc(NC)nc(-n2cncn2)n1)C(C)C. The fraction of sp³-hybridized carbons (Fsp3) is 0.583. The zero-order valence-electron chi connectivity index (χ0n) is 12.2. The molecule has 0 aliphatic heterocycles. The van der Waals surface area contributed by atoms with Gasteiger partial charge in [0.05, 0.1) is 0 Å². The molecule has 0 aliphatic carbocycles. The summed E-state index contributed by atoms with van der Waals surface area (Å²) in [6.07, 6.45) is 3.99. The van der Waals surface area contributed by atoms with E-state index in [1.807, 2.05) is 0 Å². The van der Waals surface area contributed by atoms with Crippen molar-refractivity contribution in [2.75, 3.05) is 17.7 Å². The lowest BCUT2D eigenvalue weighted by molar-refractivity contribution is 0.507. The molecule has 2 aromatic heterocycles. The van der Waals surface area contributed by atoms with E-state index in [0.29, 0.717) is 29.8 Å². The highest BCUT2D eigenvalue weighted by Crippen LogP contribution is 2.14. The fourth-order valence-corrected chi connectivity index (χ4v) is 1.86. The number of hydrogen-bond donors (Lipinski definition) is 2. The van der Waals surface area contributed by atoms with Gasteiger partial charge in [0, 0.05) is 13.1 Å². The van der Waals surface area contributed by atoms with Crippen molar-refractivity contribution in [3.63, 3.8) is 0 Å². The molecule has 1 atom stereocenters. The highest BCUT2D eigenvalue weighted by Gasteiger charge is 2.14. The molecule has 0 aromatic carbocycles. The van der Waals surface area contributed by atoms with Gasteiger partial charge in [-0.2, -0.15) is 24.7 Å². The summed E-state index contributed by atoms with van der Waals surface area (Å²) >= 11 is 0. The van der Waals surface area contributed by atoms with E-state index >= 15 is 0 Å². The normalized spacial score (nSPS) is 12.4. The van der Waals surface area contributed by atoms with Crippen LogP contribution in [0.1, 0.15) is 27.2 Å². The number of rotatable bonds is 6. The Hall–Kier alpha value is -2.25. The van der Waals surface area contributed by atoms with Gasteiger partial charge in [-0.3, -0.25) is 0 Å². The number of aromatic nitrogens is 6. The Bertz CT molecular complexity index is 536. The lowest BCUT2D eigenvalue weighted by Gasteiger charge is -2.20. The van der Waals surface area contributed by atoms with Gasteiger partial charge in [-0.15, -0.1) is 0 Å². The third-order valence-corrected chi connectivity index (χ3v) is 3.03. The molecule has 0 fully saturated rings. The Labute approximate surface area is 118 Å². The number of hydrogen-bond acceptors (Lipinski definition) is 7. The molecule has 108 valence electrons. The van der Waals surface area contributed by atoms with Crippen molar-refractivity contribution in [1.82, 2.24) is 29.7 Å². The third kappa shape index (κ3) is 3.19. The van der Waals surface area contributed by atoms with Crippen LogP contribution in [0.15, 0.2) is 12.7 Å². The summed E-state index contributed by atoms with van der Waals surface area (Å²) in [5, 5.41) is 10.3. The Morgan fingerprint density at radius 1 is 1.20 bits per heavy atom. The minimum absolute atomic E-state index is 0.311. The van der Waals surface area contributed by atoms with Gasteiger partial charge in [-0.05, 0) is 12.3 Å². The first-order valence-corrected chi connectivity index (χ1v) is 6.69. The van der Waals surface area contributed by atoms with E-state index in [4.69, 9.17) is 0 Å². The maximum atomic E-state index is 4.38. The number of nitrogens with one attached hydrogen (secondary N) is 2. The van der Waals surface area contributed by atoms with Crippen molar-refractivity contribution in [2.24, 2.45) is 5.92 Å². The second-order valence-electron chi connectivity index (χ2n) is 4.78. The summed E-state index contributed by atoms with van der Waals surface area (Å²) in [5.74, 6) is 1.95. The molecular formula is C12H20N8. The van der Waals surface area contributed by atoms with Crippen LogP contribution in [-0.4, -0.2) is 42.8 Å². The maximum Gasteiger partial charge on any atom is 0.258 e. The zero-order chi connectivity index (χ0) is 14.5. The molecule has 8 heteroatoms. The predicted molar refractivity (Wildman–Crippen MR) is 76.8 cm³/mol. The van der Waals surface area contributed by atoms with Crippen LogP contribution >= 0.6 is 0 Å². The van der Waals surface area contributed by atoms with Crippen molar-refractivity contribution in [1.29, 1.82) is 0 Å². The fourth-order valence-electron chi connectivity index (χ4n) is 1.86. The van der Waals surface area contributed by atoms with E-state index in [1.54, 1.807) is 13.4 Å². The Morgan fingerprint density at radius 3 is 2.50 bits per heavy atom. The van der Waals surface area contributed by atoms with Gasteiger partial charge in [-0.25, -0.2) is 4.98 Å². The van der Waals surface area contributed by atoms with Gasteiger partial charge in [0.15, 0.2) is 0 Å². The van der Waals surface area contributed by atoms with Crippen molar-refractivity contribution in [2.45, 2.75) is 33.2 Å². The summed E-state index contributed by atoms with van der Waals surface area (Å²) in [6, 6.07) is 0.311. The Kier molecular flexibility index (Phi) is 4.44. The lowest BCUT2D eigenvalue weighted by Crippen LogP contribution is -2.26. The molecule has 0 aliphatic rings. The van der Waals surface area contributed by atoms with Crippen molar-refractivity contribution in [3.8, 4) is 5.95 Å². The molecule has 2 aromatic rings. The van der Waals surface area contributed by atoms with Crippen LogP contribution in [0.3, 0.4) is 0 Å². The molecule has 2 N–H and O–H groups in total. The maximum absolute atomic E-state index is 4.38. The minimum Gasteiger partial charge on any atom is -0.357 e. The standard InChI is InChI=1S/C12H20N8/c1-5-9(8(2)3)16-11-17-10(13-4)18-12(19-11)20-7-14-6-15-20/h6-9H,5H2,1-4H3,(H2,13,16,17,18,19). The Morgan fingerprint density at radius 2 is 1.95 bits per heavy atom. The van der Waals surface area contributed by atoms with Crippen LogP contribution in [0.25, 0.3) is 5.95 Å². The molecule has 0 radical (unpaired) electrons. The predicted octanol–water partition coefficient (Wildman–Crippen LogP) is 1.34. The van der Waals surface area contributed by atoms with E-state index in [-0.39, 0.29) is 0 Å². The monoisotopic (exact) mass is 276 g/mol. The van der Waals surface area contributed by atoms with E-state index in [9.17, 15) is 0 Å². The first-order valence-electron chi connectivity index (χ1n) is 6.69. The van der Waals surface area contributed by atoms with Gasteiger partial charge in [-0.1, -0.05) is 20.8 Å². The van der Waals surface area contributed by atoms with Gasteiger partial charge in [0.2, 0.25) is 11.9 Å². The quantitative estimate of drug-likeness (QED) is 0.822.